The second kappa shape index (κ2) is 50.2. The van der Waals surface area contributed by atoms with Crippen LogP contribution >= 0.6 is 34.8 Å². The molecule has 0 unspecified atom stereocenters. The summed E-state index contributed by atoms with van der Waals surface area (Å²) in [5.74, 6) is -13.4. The van der Waals surface area contributed by atoms with Crippen molar-refractivity contribution in [3.63, 3.8) is 0 Å². The van der Waals surface area contributed by atoms with E-state index in [2.05, 4.69) is 103 Å². The Balaban J connectivity index is -0.000000230. The number of carbonyl (C=O) groups is 5. The number of nitrogens with zero attached hydrogens (tertiary/aromatic N) is 17. The zero-order chi connectivity index (χ0) is 137. The highest BCUT2D eigenvalue weighted by molar-refractivity contribution is 6.32. The molecule has 8 atom stereocenters. The number of nitrogen functional groups attached to an aromatic ring is 1. The van der Waals surface area contributed by atoms with Gasteiger partial charge in [-0.25, -0.2) is 93.3 Å². The van der Waals surface area contributed by atoms with Gasteiger partial charge in [0.05, 0.1) is 65.9 Å². The molecule has 16 N–H and O–H groups in total. The molecule has 39 nitrogen and oxygen atoms in total. The molecule has 4 aliphatic carbocycles. The summed E-state index contributed by atoms with van der Waals surface area (Å²) in [6.45, 7) is 20.3. The number of rotatable bonds is 18. The number of benzene rings is 3. The number of alkyl halides is 8. The molecule has 0 radical (unpaired) electrons. The number of aromatic nitrogens is 14. The molecule has 3 aromatic carbocycles. The minimum Gasteiger partial charge on any atom is -0.444 e. The number of nitriles is 3. The third-order valence-corrected chi connectivity index (χ3v) is 21.1. The second-order valence-electron chi connectivity index (χ2n) is 36.2. The van der Waals surface area contributed by atoms with Gasteiger partial charge in [0.2, 0.25) is 23.1 Å². The van der Waals surface area contributed by atoms with Crippen molar-refractivity contribution >= 4 is 112 Å². The van der Waals surface area contributed by atoms with E-state index < -0.39 is 125 Å². The molecule has 14 rings (SSSR count). The van der Waals surface area contributed by atoms with Gasteiger partial charge in [0, 0.05) is 142 Å². The highest BCUT2D eigenvalue weighted by Crippen LogP contribution is 2.41. The largest absolute Gasteiger partial charge is 0.444 e. The first-order valence-electron chi connectivity index (χ1n) is 60.2. The number of aliphatic hydroxyl groups is 1. The van der Waals surface area contributed by atoms with Gasteiger partial charge in [-0.15, -0.1) is 0 Å². The van der Waals surface area contributed by atoms with Gasteiger partial charge in [-0.3, -0.25) is 4.79 Å². The third kappa shape index (κ3) is 35.5. The van der Waals surface area contributed by atoms with Gasteiger partial charge in [-0.2, -0.15) is 46.0 Å². The summed E-state index contributed by atoms with van der Waals surface area (Å²) in [5, 5.41) is 70.2. The summed E-state index contributed by atoms with van der Waals surface area (Å²) in [5.41, 5.74) is 18.4. The van der Waals surface area contributed by atoms with E-state index >= 15 is 8.78 Å². The smallest absolute Gasteiger partial charge is 0.407 e. The lowest BCUT2D eigenvalue weighted by Crippen LogP contribution is -2.59. The van der Waals surface area contributed by atoms with Gasteiger partial charge in [0.1, 0.15) is 86.8 Å². The monoisotopic (exact) mass is 2110 g/mol. The number of alkyl carbamates (subject to hydrolysis) is 4. The number of carbonyl (C=O) groups excluding carboxylic acids is 5. The van der Waals surface area contributed by atoms with E-state index in [0.29, 0.717) is 43.5 Å². The molecule has 10 aromatic rings. The van der Waals surface area contributed by atoms with Crippen LogP contribution in [0.2, 0.25) is 15.6 Å². The number of halogens is 11. The van der Waals surface area contributed by atoms with Crippen LogP contribution in [0, 0.1) is 34.0 Å². The molecule has 7 heterocycles. The number of primary amides is 1. The van der Waals surface area contributed by atoms with Gasteiger partial charge in [0.25, 0.3) is 29.6 Å². The van der Waals surface area contributed by atoms with Crippen molar-refractivity contribution < 1.29 is 132 Å². The van der Waals surface area contributed by atoms with Gasteiger partial charge < -0.3 is 89.1 Å². The van der Waals surface area contributed by atoms with Gasteiger partial charge >= 0.3 is 24.4 Å². The van der Waals surface area contributed by atoms with Gasteiger partial charge in [-0.05, 0) is 219 Å². The Labute approximate surface area is 879 Å². The lowest BCUT2D eigenvalue weighted by atomic mass is 9.87. The van der Waals surface area contributed by atoms with E-state index in [0.717, 1.165) is 42.3 Å². The van der Waals surface area contributed by atoms with Crippen molar-refractivity contribution in [1.29, 1.82) is 15.8 Å². The summed E-state index contributed by atoms with van der Waals surface area (Å²) in [6.07, 6.45) is 13.5. The molecule has 4 saturated carbocycles. The highest BCUT2D eigenvalue weighted by atomic mass is 35.5. The van der Waals surface area contributed by atoms with Crippen LogP contribution in [-0.2, 0) is 18.9 Å². The normalized spacial score (nSPS) is 19.9. The van der Waals surface area contributed by atoms with Crippen LogP contribution in [0.1, 0.15) is 236 Å². The molecular weight excluding hydrogens is 1930 g/mol. The van der Waals surface area contributed by atoms with E-state index in [1.54, 1.807) is 189 Å². The number of hydrogen-bond acceptors (Lipinski definition) is 31. The Bertz CT molecular complexity index is 6100. The maximum Gasteiger partial charge on any atom is 0.407 e. The SMILES string of the molecule is CC(C)(C)OC(=O)N[C@H]1CCCC(F)(F)[C@H]1N.CC(C)(C)OC(=O)N[C@H]1CCCC(F)(F)[C@H]1Nc1ncc(C#N)c(Cl)n1.CC(C)(C)OC(=O)N[C@H]1CCCC(F)(F)[C@H]1Nc1ncc(C#N)c(Nc2cccc(-n3cccn3)c2)n1.CC(C)(C)OC(=O)N[C@H]1CCCC(F)(F)[C@H]1Nc1ncc(C(N)=O)c(Nc2cccc(-n3cccn3)c2)n1.CO.N#Cc1cnc(Cl)nc1Cl.Nc1cccc(-n2cccn2)c1.[2HH].[2H][2H].[2H][2H].[2H][2H].[2H][2H].[2H][2H].[2H][2H].[2H][2H].[2H][2H].[2H][2H].[2H][2H].[2H][2H].[2H][2H].[2H][2H].[2H][2H].[2H][2H].[2H][2H]. The minimum atomic E-state index is -3.17. The zero-order valence-corrected chi connectivity index (χ0v) is 81.9. The number of nitrogens with two attached hydrogens (primary N) is 3. The molecule has 4 aliphatic rings. The Morgan fingerprint density at radius 2 is 0.775 bits per heavy atom. The second-order valence-corrected chi connectivity index (χ2v) is 37.2. The molecule has 796 valence electrons. The molecule has 4 fully saturated rings. The Kier molecular flexibility index (Phi) is 31.9. The fourth-order valence-electron chi connectivity index (χ4n) is 14.2. The maximum atomic E-state index is 15.0. The number of ether oxygens (including phenoxy) is 4. The summed E-state index contributed by atoms with van der Waals surface area (Å²) < 4.78 is 301. The third-order valence-electron chi connectivity index (χ3n) is 20.3. The van der Waals surface area contributed by atoms with E-state index in [9.17, 15) is 55.6 Å². The molecule has 5 amide bonds. The lowest BCUT2D eigenvalue weighted by molar-refractivity contribution is -0.0632. The van der Waals surface area contributed by atoms with Crippen molar-refractivity contribution in [2.24, 2.45) is 11.5 Å². The van der Waals surface area contributed by atoms with Crippen molar-refractivity contribution in [1.82, 2.24) is 90.5 Å². The Hall–Kier alpha value is -14.3. The molecule has 7 aromatic heterocycles. The average Bonchev–Trinajstić information content (AvgIpc) is 1.73. The van der Waals surface area contributed by atoms with Crippen molar-refractivity contribution in [2.75, 3.05) is 39.4 Å². The van der Waals surface area contributed by atoms with E-state index in [1.807, 2.05) is 54.7 Å². The maximum absolute atomic E-state index is 15.0. The summed E-state index contributed by atoms with van der Waals surface area (Å²) in [4.78, 5) is 91.5. The number of anilines is 8. The first-order chi connectivity index (χ1) is 82.7. The van der Waals surface area contributed by atoms with Crippen LogP contribution in [0.15, 0.2) is 153 Å². The molecule has 0 aliphatic heterocycles. The van der Waals surface area contributed by atoms with Gasteiger partial charge in [-0.1, -0.05) is 41.4 Å². The van der Waals surface area contributed by atoms with Crippen LogP contribution in [0.3, 0.4) is 0 Å². The van der Waals surface area contributed by atoms with E-state index in [-0.39, 0.29) is 114 Å². The molecule has 50 heteroatoms. The summed E-state index contributed by atoms with van der Waals surface area (Å²) in [6, 6.07) is 23.8. The first-order valence-corrected chi connectivity index (χ1v) is 45.4. The van der Waals surface area contributed by atoms with Crippen molar-refractivity contribution in [3.05, 3.63) is 191 Å². The van der Waals surface area contributed by atoms with E-state index in [4.69, 9.17) is 134 Å². The molecular formula is C92H146Cl3F8N29O10. The highest BCUT2D eigenvalue weighted by Gasteiger charge is 2.52. The molecule has 0 bridgehead atoms. The summed E-state index contributed by atoms with van der Waals surface area (Å²) in [7, 11) is 1.00. The van der Waals surface area contributed by atoms with Crippen LogP contribution in [0.25, 0.3) is 17.1 Å². The lowest BCUT2D eigenvalue weighted by Gasteiger charge is -2.38. The number of aliphatic hydroxyl groups excluding tert-OH is 1. The molecule has 0 saturated heterocycles. The van der Waals surface area contributed by atoms with Crippen molar-refractivity contribution in [2.45, 2.75) is 255 Å². The van der Waals surface area contributed by atoms with Crippen LogP contribution in [0.5, 0.6) is 0 Å². The number of nitrogens with one attached hydrogen (secondary N) is 9. The molecule has 142 heavy (non-hydrogen) atoms. The first kappa shape index (κ1) is 90.2. The quantitative estimate of drug-likeness (QED) is 0.0125. The minimum absolute atomic E-state index is 0. The Morgan fingerprint density at radius 3 is 1.13 bits per heavy atom. The molecule has 0 spiro atoms. The average molecular weight is 2110 g/mol. The van der Waals surface area contributed by atoms with E-state index in [1.165, 1.54) is 12.4 Å². The number of amides is 5. The standard InChI is InChI=1S/C25H30F2N8O3.C25H28F2N8O2.C16H20ClF2N5O2.C11H20F2N2O2.C9H9N3.C5HCl2N3.CH4O.17H2/c1-24(2,3)38-23(37)32-18-9-5-10-25(26,27)19(18)33-22-29-14-17(20(28)36)21(34-22)31-15-7-4-8-16(13-15)35-12-6-11-30-35;1-24(2,3)37-23(36)32-19-9-5-10-25(26,27)20(19)33-22-29-15-16(14-28)21(34-22)31-17-7-4-8-18(13-17)35-12-6-11-30-35;1-15(2,3)26-14(25)22-10-5-4-6-16(18,19)11(10)23-13-21-8-9(7-20)12(17)24-13;1-10(2,3)17-9(16)15-7-5-4-6-11(12,13)8(7)14;10-8-3-1-4-9(7-8)12-6-2-5-11-12;6-4-3(1-8)2-9-5(7)10-4;1-2;;;;;;;;;;;;;;;;;/h4,6-8,11-14,18-19H,5,9-10H2,1-3H3,(H2,28,36)(H,32,37)(H2,29,31,33,34);4,6-8,11-13,15,19-20H,5,9-10H2,1-3H3,(H,32,36)(H2,29,31,33,34);8,10-11H,4-6H2,1-3H3,(H,22,25)(H,21,23,24);7-8H,4-6,14H2,1-3H3,(H,15,16);1-7H,10H2;2H;2H,1H3;17*1H/t18-,19-;19-,20-;10-,11-;7-,8-;;;;;;;;;;;;;;;;;;;;/m0000..................../s1/i;;;;;;;16*1+1D;1+1. The zero-order valence-electron chi connectivity index (χ0n) is 112. The van der Waals surface area contributed by atoms with Crippen LogP contribution in [0.4, 0.5) is 101 Å². The van der Waals surface area contributed by atoms with Crippen LogP contribution < -0.4 is 65.1 Å². The number of hydrogen-bond donors (Lipinski definition) is 13. The van der Waals surface area contributed by atoms with Gasteiger partial charge in [0.15, 0.2) is 16.1 Å². The predicted molar refractivity (Wildman–Crippen MR) is 550 cm³/mol. The Morgan fingerprint density at radius 1 is 0.451 bits per heavy atom. The summed E-state index contributed by atoms with van der Waals surface area (Å²) >= 11 is 16.7. The fraction of sp³-hybridized carbons (Fsp3) is 0.446. The van der Waals surface area contributed by atoms with Crippen LogP contribution in [-0.4, -0.2) is 206 Å². The predicted octanol–water partition coefficient (Wildman–Crippen LogP) is 21.2. The fourth-order valence-corrected chi connectivity index (χ4v) is 14.7. The topological polar surface area (TPSA) is 557 Å². The van der Waals surface area contributed by atoms with Crippen molar-refractivity contribution in [3.8, 4) is 35.3 Å².